The van der Waals surface area contributed by atoms with Gasteiger partial charge in [-0.15, -0.1) is 0 Å². The molecule has 0 aromatic carbocycles. The summed E-state index contributed by atoms with van der Waals surface area (Å²) in [5.74, 6) is -0.310. The van der Waals surface area contributed by atoms with Gasteiger partial charge in [0.15, 0.2) is 0 Å². The molecule has 0 spiro atoms. The Morgan fingerprint density at radius 2 is 1.14 bits per heavy atom. The molecule has 0 fully saturated rings. The summed E-state index contributed by atoms with van der Waals surface area (Å²) in [6, 6.07) is 0. The number of carbonyl (C=O) groups is 1. The van der Waals surface area contributed by atoms with Crippen LogP contribution in [-0.2, 0) is 23.4 Å². The SMILES string of the molecule is CCCCCCCCCCCCO[C@H](COC(=O)CCCCCCCCCCC)COP(=O)([O-])O. The number of carbonyl (C=O) groups excluding carboxylic acids is 1. The molecule has 0 radical (unpaired) electrons. The highest BCUT2D eigenvalue weighted by Gasteiger charge is 2.16. The molecule has 0 aromatic heterocycles. The van der Waals surface area contributed by atoms with Gasteiger partial charge in [0.05, 0.1) is 6.61 Å². The van der Waals surface area contributed by atoms with E-state index in [4.69, 9.17) is 14.4 Å². The van der Waals surface area contributed by atoms with E-state index < -0.39 is 13.9 Å². The molecule has 0 saturated heterocycles. The zero-order valence-corrected chi connectivity index (χ0v) is 23.6. The normalized spacial score (nSPS) is 14.1. The molecular formula is C27H54O7P-. The molecule has 0 heterocycles. The Morgan fingerprint density at radius 1 is 0.714 bits per heavy atom. The fourth-order valence-corrected chi connectivity index (χ4v) is 4.35. The zero-order valence-electron chi connectivity index (χ0n) is 22.7. The summed E-state index contributed by atoms with van der Waals surface area (Å²) < 4.78 is 26.4. The Balaban J connectivity index is 3.91. The van der Waals surface area contributed by atoms with Crippen LogP contribution in [0.4, 0.5) is 0 Å². The van der Waals surface area contributed by atoms with E-state index >= 15 is 0 Å². The molecule has 7 nitrogen and oxygen atoms in total. The largest absolute Gasteiger partial charge is 0.756 e. The number of unbranched alkanes of at least 4 members (excludes halogenated alkanes) is 17. The predicted octanol–water partition coefficient (Wildman–Crippen LogP) is 7.23. The van der Waals surface area contributed by atoms with Crippen LogP contribution in [0.5, 0.6) is 0 Å². The van der Waals surface area contributed by atoms with Crippen molar-refractivity contribution in [3.63, 3.8) is 0 Å². The first-order chi connectivity index (χ1) is 16.9. The lowest BCUT2D eigenvalue weighted by atomic mass is 10.1. The van der Waals surface area contributed by atoms with Gasteiger partial charge in [0.2, 0.25) is 0 Å². The number of phosphoric ester groups is 1. The Labute approximate surface area is 215 Å². The van der Waals surface area contributed by atoms with Crippen molar-refractivity contribution in [1.29, 1.82) is 0 Å². The third-order valence-corrected chi connectivity index (χ3v) is 6.67. The standard InChI is InChI=1S/C27H55O7P/c1-3-5-7-9-11-13-15-17-19-21-23-32-26(25-34-35(29,30)31)24-33-27(28)22-20-18-16-14-12-10-8-6-4-2/h26H,3-25H2,1-2H3,(H2,29,30,31)/p-1/t26-/m1/s1. The summed E-state index contributed by atoms with van der Waals surface area (Å²) >= 11 is 0. The first kappa shape index (κ1) is 34.5. The van der Waals surface area contributed by atoms with E-state index in [0.717, 1.165) is 38.5 Å². The van der Waals surface area contributed by atoms with E-state index in [9.17, 15) is 14.3 Å². The second kappa shape index (κ2) is 25.2. The zero-order chi connectivity index (χ0) is 26.0. The number of rotatable bonds is 27. The fourth-order valence-electron chi connectivity index (χ4n) is 4.00. The molecule has 0 amide bonds. The van der Waals surface area contributed by atoms with Crippen molar-refractivity contribution in [1.82, 2.24) is 0 Å². The van der Waals surface area contributed by atoms with Crippen LogP contribution in [0.25, 0.3) is 0 Å². The molecule has 210 valence electrons. The van der Waals surface area contributed by atoms with Gasteiger partial charge in [-0.3, -0.25) is 9.36 Å². The number of ether oxygens (including phenoxy) is 2. The van der Waals surface area contributed by atoms with Crippen molar-refractivity contribution >= 4 is 13.8 Å². The van der Waals surface area contributed by atoms with Crippen LogP contribution in [0.2, 0.25) is 0 Å². The second-order valence-corrected chi connectivity index (χ2v) is 10.9. The second-order valence-electron chi connectivity index (χ2n) is 9.70. The Hall–Kier alpha value is -0.460. The molecule has 2 atom stereocenters. The molecule has 0 rings (SSSR count). The highest BCUT2D eigenvalue weighted by molar-refractivity contribution is 7.44. The molecule has 0 aliphatic rings. The van der Waals surface area contributed by atoms with Crippen molar-refractivity contribution in [2.24, 2.45) is 0 Å². The van der Waals surface area contributed by atoms with Gasteiger partial charge in [-0.05, 0) is 12.8 Å². The summed E-state index contributed by atoms with van der Waals surface area (Å²) in [5, 5.41) is 0. The molecule has 0 bridgehead atoms. The lowest BCUT2D eigenvalue weighted by Crippen LogP contribution is -2.28. The van der Waals surface area contributed by atoms with Crippen LogP contribution >= 0.6 is 7.82 Å². The van der Waals surface area contributed by atoms with Gasteiger partial charge in [-0.2, -0.15) is 0 Å². The molecule has 0 aromatic rings. The quantitative estimate of drug-likeness (QED) is 0.0690. The maximum Gasteiger partial charge on any atom is 0.305 e. The molecule has 0 aliphatic heterocycles. The van der Waals surface area contributed by atoms with E-state index in [0.29, 0.717) is 13.0 Å². The molecule has 1 N–H and O–H groups in total. The van der Waals surface area contributed by atoms with E-state index in [-0.39, 0.29) is 19.2 Å². The van der Waals surface area contributed by atoms with Crippen molar-refractivity contribution < 1.29 is 33.1 Å². The number of hydrogen-bond acceptors (Lipinski definition) is 6. The summed E-state index contributed by atoms with van der Waals surface area (Å²) in [5.41, 5.74) is 0. The van der Waals surface area contributed by atoms with Crippen LogP contribution < -0.4 is 4.89 Å². The van der Waals surface area contributed by atoms with Crippen LogP contribution in [0.3, 0.4) is 0 Å². The molecule has 1 unspecified atom stereocenters. The van der Waals surface area contributed by atoms with Gasteiger partial charge in [0.25, 0.3) is 7.82 Å². The minimum Gasteiger partial charge on any atom is -0.756 e. The van der Waals surface area contributed by atoms with Gasteiger partial charge in [-0.1, -0.05) is 123 Å². The fraction of sp³-hybridized carbons (Fsp3) is 0.963. The first-order valence-electron chi connectivity index (χ1n) is 14.3. The van der Waals surface area contributed by atoms with Crippen LogP contribution in [0, 0.1) is 0 Å². The third-order valence-electron chi connectivity index (χ3n) is 6.19. The smallest absolute Gasteiger partial charge is 0.305 e. The number of hydrogen-bond donors (Lipinski definition) is 1. The van der Waals surface area contributed by atoms with E-state index in [1.807, 2.05) is 0 Å². The highest BCUT2D eigenvalue weighted by atomic mass is 31.2. The van der Waals surface area contributed by atoms with Gasteiger partial charge < -0.3 is 23.8 Å². The molecule has 0 aliphatic carbocycles. The Bertz CT molecular complexity index is 510. The van der Waals surface area contributed by atoms with E-state index in [1.165, 1.54) is 83.5 Å². The van der Waals surface area contributed by atoms with E-state index in [2.05, 4.69) is 18.4 Å². The summed E-state index contributed by atoms with van der Waals surface area (Å²) in [6.45, 7) is 4.45. The molecule has 0 saturated carbocycles. The minimum absolute atomic E-state index is 0.0754. The Morgan fingerprint density at radius 3 is 1.60 bits per heavy atom. The molecule has 35 heavy (non-hydrogen) atoms. The van der Waals surface area contributed by atoms with E-state index in [1.54, 1.807) is 0 Å². The van der Waals surface area contributed by atoms with Gasteiger partial charge in [-0.25, -0.2) is 0 Å². The maximum absolute atomic E-state index is 12.0. The minimum atomic E-state index is -4.84. The monoisotopic (exact) mass is 521 g/mol. The van der Waals surface area contributed by atoms with Crippen LogP contribution in [0.1, 0.15) is 142 Å². The molecular weight excluding hydrogens is 467 g/mol. The summed E-state index contributed by atoms with van der Waals surface area (Å²) in [6.07, 6.45) is 22.3. The molecule has 8 heteroatoms. The predicted molar refractivity (Wildman–Crippen MR) is 140 cm³/mol. The maximum atomic E-state index is 12.0. The summed E-state index contributed by atoms with van der Waals surface area (Å²) in [4.78, 5) is 31.8. The lowest BCUT2D eigenvalue weighted by Gasteiger charge is -2.22. The van der Waals surface area contributed by atoms with Crippen molar-refractivity contribution in [3.05, 3.63) is 0 Å². The summed E-state index contributed by atoms with van der Waals surface area (Å²) in [7, 11) is -4.84. The van der Waals surface area contributed by atoms with Gasteiger partial charge >= 0.3 is 5.97 Å². The van der Waals surface area contributed by atoms with Crippen molar-refractivity contribution in [2.45, 2.75) is 148 Å². The Kier molecular flexibility index (Phi) is 24.9. The first-order valence-corrected chi connectivity index (χ1v) is 15.8. The van der Waals surface area contributed by atoms with Crippen LogP contribution in [0.15, 0.2) is 0 Å². The topological polar surface area (TPSA) is 105 Å². The van der Waals surface area contributed by atoms with Crippen molar-refractivity contribution in [3.8, 4) is 0 Å². The lowest BCUT2D eigenvalue weighted by molar-refractivity contribution is -0.222. The average molecular weight is 522 g/mol. The number of phosphoric acid groups is 1. The number of esters is 1. The third kappa shape index (κ3) is 28.0. The van der Waals surface area contributed by atoms with Crippen molar-refractivity contribution in [2.75, 3.05) is 19.8 Å². The van der Waals surface area contributed by atoms with Gasteiger partial charge in [0.1, 0.15) is 12.7 Å². The average Bonchev–Trinajstić information content (AvgIpc) is 2.82. The van der Waals surface area contributed by atoms with Crippen LogP contribution in [-0.4, -0.2) is 36.8 Å². The van der Waals surface area contributed by atoms with Gasteiger partial charge in [0, 0.05) is 13.0 Å². The highest BCUT2D eigenvalue weighted by Crippen LogP contribution is 2.30.